The largest absolute Gasteiger partial charge is 0.491 e. The van der Waals surface area contributed by atoms with Crippen LogP contribution in [0.25, 0.3) is 0 Å². The molecule has 0 spiro atoms. The van der Waals surface area contributed by atoms with Crippen molar-refractivity contribution in [1.29, 1.82) is 0 Å². The van der Waals surface area contributed by atoms with E-state index in [1.165, 1.54) is 19.3 Å². The quantitative estimate of drug-likeness (QED) is 0.751. The van der Waals surface area contributed by atoms with Crippen molar-refractivity contribution in [2.45, 2.75) is 71.1 Å². The normalized spacial score (nSPS) is 23.7. The lowest BCUT2D eigenvalue weighted by atomic mass is 9.96. The molecular weight excluding hydrogens is 288 g/mol. The minimum Gasteiger partial charge on any atom is -0.491 e. The van der Waals surface area contributed by atoms with Crippen molar-refractivity contribution in [3.63, 3.8) is 0 Å². The fourth-order valence-corrected chi connectivity index (χ4v) is 3.47. The first-order chi connectivity index (χ1) is 11.0. The molecular formula is C19H32N2O2. The molecule has 23 heavy (non-hydrogen) atoms. The number of nitrogens with zero attached hydrogens (tertiary/aromatic N) is 1. The molecule has 1 fully saturated rings. The number of nitrogen functional groups attached to an aromatic ring is 1. The van der Waals surface area contributed by atoms with E-state index in [1.54, 1.807) is 0 Å². The Morgan fingerprint density at radius 3 is 2.61 bits per heavy atom. The summed E-state index contributed by atoms with van der Waals surface area (Å²) in [4.78, 5) is 2.52. The third kappa shape index (κ3) is 4.85. The number of ether oxygens (including phenoxy) is 1. The van der Waals surface area contributed by atoms with Crippen LogP contribution < -0.4 is 10.5 Å². The molecule has 130 valence electrons. The summed E-state index contributed by atoms with van der Waals surface area (Å²) in [5.74, 6) is 0.709. The average Bonchev–Trinajstić information content (AvgIpc) is 2.53. The van der Waals surface area contributed by atoms with Crippen molar-refractivity contribution < 1.29 is 9.84 Å². The lowest BCUT2D eigenvalue weighted by molar-refractivity contribution is 0.0748. The van der Waals surface area contributed by atoms with Crippen LogP contribution in [-0.2, 0) is 0 Å². The number of piperidine rings is 1. The van der Waals surface area contributed by atoms with Gasteiger partial charge in [-0.1, -0.05) is 19.4 Å². The number of nitrogens with two attached hydrogens (primary N) is 1. The van der Waals surface area contributed by atoms with E-state index in [2.05, 4.69) is 25.7 Å². The number of anilines is 1. The fraction of sp³-hybridized carbons (Fsp3) is 0.684. The van der Waals surface area contributed by atoms with Gasteiger partial charge in [0.1, 0.15) is 5.75 Å². The van der Waals surface area contributed by atoms with Crippen LogP contribution in [0.15, 0.2) is 18.2 Å². The fourth-order valence-electron chi connectivity index (χ4n) is 3.47. The smallest absolute Gasteiger partial charge is 0.142 e. The van der Waals surface area contributed by atoms with Gasteiger partial charge in [-0.05, 0) is 57.2 Å². The minimum atomic E-state index is -0.473. The van der Waals surface area contributed by atoms with E-state index >= 15 is 0 Å². The number of hydrogen-bond donors (Lipinski definition) is 2. The van der Waals surface area contributed by atoms with Gasteiger partial charge in [-0.15, -0.1) is 0 Å². The second-order valence-electron chi connectivity index (χ2n) is 6.82. The zero-order valence-electron chi connectivity index (χ0n) is 14.8. The van der Waals surface area contributed by atoms with Crippen LogP contribution in [0.5, 0.6) is 5.75 Å². The van der Waals surface area contributed by atoms with Crippen LogP contribution >= 0.6 is 0 Å². The van der Waals surface area contributed by atoms with Crippen molar-refractivity contribution in [1.82, 2.24) is 4.90 Å². The number of aliphatic hydroxyl groups excluding tert-OH is 1. The van der Waals surface area contributed by atoms with E-state index in [9.17, 15) is 5.11 Å². The maximum Gasteiger partial charge on any atom is 0.142 e. The predicted molar refractivity (Wildman–Crippen MR) is 95.7 cm³/mol. The summed E-state index contributed by atoms with van der Waals surface area (Å²) in [6, 6.07) is 6.87. The maximum atomic E-state index is 10.5. The highest BCUT2D eigenvalue weighted by Crippen LogP contribution is 2.29. The van der Waals surface area contributed by atoms with Gasteiger partial charge < -0.3 is 15.6 Å². The van der Waals surface area contributed by atoms with Crippen molar-refractivity contribution in [2.24, 2.45) is 0 Å². The van der Waals surface area contributed by atoms with Gasteiger partial charge in [0.25, 0.3) is 0 Å². The molecule has 0 aliphatic carbocycles. The molecule has 4 heteroatoms. The van der Waals surface area contributed by atoms with E-state index in [-0.39, 0.29) is 0 Å². The molecule has 1 aromatic rings. The number of rotatable bonds is 7. The van der Waals surface area contributed by atoms with E-state index < -0.39 is 6.10 Å². The summed E-state index contributed by atoms with van der Waals surface area (Å²) in [6.07, 6.45) is 5.06. The van der Waals surface area contributed by atoms with Crippen molar-refractivity contribution in [3.05, 3.63) is 23.8 Å². The Morgan fingerprint density at radius 1 is 1.30 bits per heavy atom. The second-order valence-corrected chi connectivity index (χ2v) is 6.82. The van der Waals surface area contributed by atoms with Crippen LogP contribution in [-0.4, -0.2) is 35.2 Å². The van der Waals surface area contributed by atoms with Gasteiger partial charge in [0.15, 0.2) is 0 Å². The monoisotopic (exact) mass is 320 g/mol. The van der Waals surface area contributed by atoms with Crippen molar-refractivity contribution in [2.75, 3.05) is 18.9 Å². The molecule has 0 amide bonds. The van der Waals surface area contributed by atoms with Crippen molar-refractivity contribution >= 4 is 5.69 Å². The van der Waals surface area contributed by atoms with Gasteiger partial charge in [-0.3, -0.25) is 4.90 Å². The van der Waals surface area contributed by atoms with Gasteiger partial charge in [-0.2, -0.15) is 0 Å². The Kier molecular flexibility index (Phi) is 6.72. The molecule has 0 radical (unpaired) electrons. The van der Waals surface area contributed by atoms with Gasteiger partial charge in [0.05, 0.1) is 18.4 Å². The highest BCUT2D eigenvalue weighted by Gasteiger charge is 2.25. The van der Waals surface area contributed by atoms with Crippen LogP contribution in [0.3, 0.4) is 0 Å². The Bertz CT molecular complexity index is 482. The molecule has 2 rings (SSSR count). The Labute approximate surface area is 140 Å². The summed E-state index contributed by atoms with van der Waals surface area (Å²) in [5, 5.41) is 10.5. The third-order valence-corrected chi connectivity index (χ3v) is 4.92. The molecule has 0 saturated carbocycles. The lowest BCUT2D eigenvalue weighted by Crippen LogP contribution is -2.44. The van der Waals surface area contributed by atoms with E-state index in [0.29, 0.717) is 30.1 Å². The summed E-state index contributed by atoms with van der Waals surface area (Å²) in [6.45, 7) is 8.24. The molecule has 0 bridgehead atoms. The summed E-state index contributed by atoms with van der Waals surface area (Å²) in [5.41, 5.74) is 7.52. The standard InChI is InChI=1S/C19H32N2O2/c1-4-12-23-19-9-8-16(13-17(19)20)18(22)10-11-21-14(2)6-5-7-15(21)3/h8-9,13-15,18,22H,4-7,10-12,20H2,1-3H3. The molecule has 1 aromatic carbocycles. The molecule has 4 nitrogen and oxygen atoms in total. The topological polar surface area (TPSA) is 58.7 Å². The van der Waals surface area contributed by atoms with E-state index in [0.717, 1.165) is 24.9 Å². The van der Waals surface area contributed by atoms with Crippen LogP contribution in [0.2, 0.25) is 0 Å². The third-order valence-electron chi connectivity index (χ3n) is 4.92. The SMILES string of the molecule is CCCOc1ccc(C(O)CCN2C(C)CCCC2C)cc1N. The Morgan fingerprint density at radius 2 is 2.00 bits per heavy atom. The molecule has 1 heterocycles. The minimum absolute atomic E-state index is 0.473. The van der Waals surface area contributed by atoms with Crippen LogP contribution in [0.4, 0.5) is 5.69 Å². The Balaban J connectivity index is 1.92. The van der Waals surface area contributed by atoms with Gasteiger partial charge >= 0.3 is 0 Å². The first-order valence-electron chi connectivity index (χ1n) is 8.99. The molecule has 3 atom stereocenters. The zero-order valence-corrected chi connectivity index (χ0v) is 14.8. The maximum absolute atomic E-state index is 10.5. The van der Waals surface area contributed by atoms with E-state index in [1.807, 2.05) is 18.2 Å². The molecule has 1 aliphatic rings. The Hall–Kier alpha value is -1.26. The molecule has 3 N–H and O–H groups in total. The number of likely N-dealkylation sites (tertiary alicyclic amines) is 1. The zero-order chi connectivity index (χ0) is 16.8. The molecule has 1 saturated heterocycles. The van der Waals surface area contributed by atoms with E-state index in [4.69, 9.17) is 10.5 Å². The number of hydrogen-bond acceptors (Lipinski definition) is 4. The first kappa shape index (κ1) is 18.1. The summed E-state index contributed by atoms with van der Waals surface area (Å²) >= 11 is 0. The number of benzene rings is 1. The molecule has 3 unspecified atom stereocenters. The lowest BCUT2D eigenvalue weighted by Gasteiger charge is -2.39. The van der Waals surface area contributed by atoms with Gasteiger partial charge in [0.2, 0.25) is 0 Å². The van der Waals surface area contributed by atoms with Gasteiger partial charge in [-0.25, -0.2) is 0 Å². The predicted octanol–water partition coefficient (Wildman–Crippen LogP) is 3.74. The van der Waals surface area contributed by atoms with Crippen molar-refractivity contribution in [3.8, 4) is 5.75 Å². The number of aliphatic hydroxyl groups is 1. The summed E-state index contributed by atoms with van der Waals surface area (Å²) < 4.78 is 5.59. The average molecular weight is 320 g/mol. The van der Waals surface area contributed by atoms with Crippen LogP contribution in [0.1, 0.15) is 64.5 Å². The first-order valence-corrected chi connectivity index (χ1v) is 8.99. The summed E-state index contributed by atoms with van der Waals surface area (Å²) in [7, 11) is 0. The second kappa shape index (κ2) is 8.55. The molecule has 1 aliphatic heterocycles. The highest BCUT2D eigenvalue weighted by atomic mass is 16.5. The highest BCUT2D eigenvalue weighted by molar-refractivity contribution is 5.54. The van der Waals surface area contributed by atoms with Crippen LogP contribution in [0, 0.1) is 0 Å². The molecule has 0 aromatic heterocycles. The van der Waals surface area contributed by atoms with Gasteiger partial charge in [0, 0.05) is 18.6 Å².